The molecule has 0 spiro atoms. The smallest absolute Gasteiger partial charge is 0.126 e. The molecular formula is C16H23F2N. The van der Waals surface area contributed by atoms with E-state index >= 15 is 0 Å². The molecule has 0 aliphatic carbocycles. The molecule has 2 rings (SSSR count). The first kappa shape index (κ1) is 14.4. The van der Waals surface area contributed by atoms with Gasteiger partial charge in [0, 0.05) is 5.54 Å². The van der Waals surface area contributed by atoms with Crippen molar-refractivity contribution in [3.63, 3.8) is 0 Å². The highest BCUT2D eigenvalue weighted by Crippen LogP contribution is 2.29. The molecule has 1 N–H and O–H groups in total. The molecule has 0 bridgehead atoms. The minimum Gasteiger partial charge on any atom is -0.311 e. The Morgan fingerprint density at radius 1 is 1.21 bits per heavy atom. The van der Waals surface area contributed by atoms with Gasteiger partial charge in [0.2, 0.25) is 0 Å². The summed E-state index contributed by atoms with van der Waals surface area (Å²) in [4.78, 5) is 0. The van der Waals surface area contributed by atoms with Gasteiger partial charge in [-0.2, -0.15) is 0 Å². The van der Waals surface area contributed by atoms with E-state index in [9.17, 15) is 8.78 Å². The fraction of sp³-hybridized carbons (Fsp3) is 0.625. The van der Waals surface area contributed by atoms with E-state index in [1.165, 1.54) is 37.5 Å². The van der Waals surface area contributed by atoms with E-state index in [1.54, 1.807) is 0 Å². The fourth-order valence-electron chi connectivity index (χ4n) is 3.18. The Bertz CT molecular complexity index is 409. The minimum atomic E-state index is -0.350. The summed E-state index contributed by atoms with van der Waals surface area (Å²) < 4.78 is 27.1. The molecule has 1 aliphatic heterocycles. The van der Waals surface area contributed by atoms with Crippen LogP contribution in [0.4, 0.5) is 8.78 Å². The molecule has 1 fully saturated rings. The number of hydrogen-bond acceptors (Lipinski definition) is 1. The summed E-state index contributed by atoms with van der Waals surface area (Å²) in [5.74, 6) is -0.639. The Morgan fingerprint density at radius 2 is 2.05 bits per heavy atom. The molecule has 106 valence electrons. The third-order valence-corrected chi connectivity index (χ3v) is 4.10. The van der Waals surface area contributed by atoms with Crippen LogP contribution in [-0.4, -0.2) is 12.1 Å². The van der Waals surface area contributed by atoms with Gasteiger partial charge in [-0.1, -0.05) is 26.2 Å². The maximum atomic E-state index is 13.8. The Hall–Kier alpha value is -0.960. The van der Waals surface area contributed by atoms with E-state index in [0.717, 1.165) is 25.8 Å². The van der Waals surface area contributed by atoms with Gasteiger partial charge < -0.3 is 5.32 Å². The SMILES string of the molecule is CCCC1(Cc2cc(F)ccc2F)CCCCCN1. The minimum absolute atomic E-state index is 0.0557. The van der Waals surface area contributed by atoms with Crippen molar-refractivity contribution < 1.29 is 8.78 Å². The number of nitrogens with one attached hydrogen (secondary N) is 1. The molecule has 1 aromatic carbocycles. The van der Waals surface area contributed by atoms with Gasteiger partial charge in [0.1, 0.15) is 11.6 Å². The van der Waals surface area contributed by atoms with E-state index in [2.05, 4.69) is 12.2 Å². The summed E-state index contributed by atoms with van der Waals surface area (Å²) in [6, 6.07) is 3.77. The molecular weight excluding hydrogens is 244 g/mol. The molecule has 1 aromatic rings. The predicted octanol–water partition coefficient (Wildman–Crippen LogP) is 4.21. The maximum Gasteiger partial charge on any atom is 0.126 e. The summed E-state index contributed by atoms with van der Waals surface area (Å²) in [6.45, 7) is 3.13. The van der Waals surface area contributed by atoms with Crippen molar-refractivity contribution in [1.82, 2.24) is 5.32 Å². The van der Waals surface area contributed by atoms with Crippen LogP contribution in [0.3, 0.4) is 0 Å². The van der Waals surface area contributed by atoms with Gasteiger partial charge in [0.05, 0.1) is 0 Å². The highest BCUT2D eigenvalue weighted by Gasteiger charge is 2.30. The maximum absolute atomic E-state index is 13.8. The molecule has 3 heteroatoms. The van der Waals surface area contributed by atoms with Crippen molar-refractivity contribution in [3.05, 3.63) is 35.4 Å². The molecule has 1 nitrogen and oxygen atoms in total. The van der Waals surface area contributed by atoms with Crippen molar-refractivity contribution in [3.8, 4) is 0 Å². The van der Waals surface area contributed by atoms with Gasteiger partial charge in [0.15, 0.2) is 0 Å². The second-order valence-electron chi connectivity index (χ2n) is 5.68. The topological polar surface area (TPSA) is 12.0 Å². The summed E-state index contributed by atoms with van der Waals surface area (Å²) in [5.41, 5.74) is 0.447. The Balaban J connectivity index is 2.21. The van der Waals surface area contributed by atoms with E-state index in [0.29, 0.717) is 12.0 Å². The van der Waals surface area contributed by atoms with E-state index in [1.807, 2.05) is 0 Å². The molecule has 0 radical (unpaired) electrons. The Morgan fingerprint density at radius 3 is 2.84 bits per heavy atom. The average Bonchev–Trinajstić information content (AvgIpc) is 2.60. The molecule has 0 saturated carbocycles. The number of halogens is 2. The highest BCUT2D eigenvalue weighted by atomic mass is 19.1. The van der Waals surface area contributed by atoms with E-state index in [-0.39, 0.29) is 17.2 Å². The molecule has 0 aromatic heterocycles. The van der Waals surface area contributed by atoms with Crippen LogP contribution in [0, 0.1) is 11.6 Å². The second-order valence-corrected chi connectivity index (χ2v) is 5.68. The lowest BCUT2D eigenvalue weighted by Crippen LogP contribution is -2.46. The number of hydrogen-bond donors (Lipinski definition) is 1. The first-order chi connectivity index (χ1) is 9.15. The third-order valence-electron chi connectivity index (χ3n) is 4.10. The zero-order valence-electron chi connectivity index (χ0n) is 11.6. The van der Waals surface area contributed by atoms with Gasteiger partial charge in [-0.3, -0.25) is 0 Å². The van der Waals surface area contributed by atoms with Crippen LogP contribution in [0.15, 0.2) is 18.2 Å². The van der Waals surface area contributed by atoms with E-state index in [4.69, 9.17) is 0 Å². The van der Waals surface area contributed by atoms with Crippen molar-refractivity contribution in [1.29, 1.82) is 0 Å². The Kier molecular flexibility index (Phi) is 4.92. The van der Waals surface area contributed by atoms with E-state index < -0.39 is 0 Å². The normalized spacial score (nSPS) is 24.2. The van der Waals surface area contributed by atoms with Gasteiger partial charge in [0.25, 0.3) is 0 Å². The molecule has 19 heavy (non-hydrogen) atoms. The number of benzene rings is 1. The fourth-order valence-corrected chi connectivity index (χ4v) is 3.18. The van der Waals surface area contributed by atoms with Crippen molar-refractivity contribution in [2.75, 3.05) is 6.54 Å². The first-order valence-electron chi connectivity index (χ1n) is 7.34. The summed E-state index contributed by atoms with van der Waals surface area (Å²) in [6.07, 6.45) is 7.29. The lowest BCUT2D eigenvalue weighted by Gasteiger charge is -2.34. The van der Waals surface area contributed by atoms with Crippen LogP contribution in [0.25, 0.3) is 0 Å². The van der Waals surface area contributed by atoms with Gasteiger partial charge in [-0.15, -0.1) is 0 Å². The molecule has 1 heterocycles. The lowest BCUT2D eigenvalue weighted by atomic mass is 9.82. The van der Waals surface area contributed by atoms with Crippen molar-refractivity contribution in [2.45, 2.75) is 57.4 Å². The van der Waals surface area contributed by atoms with Crippen LogP contribution in [0.5, 0.6) is 0 Å². The first-order valence-corrected chi connectivity index (χ1v) is 7.34. The monoisotopic (exact) mass is 267 g/mol. The largest absolute Gasteiger partial charge is 0.311 e. The lowest BCUT2D eigenvalue weighted by molar-refractivity contribution is 0.285. The summed E-state index contributed by atoms with van der Waals surface area (Å²) >= 11 is 0. The van der Waals surface area contributed by atoms with Crippen molar-refractivity contribution in [2.24, 2.45) is 0 Å². The molecule has 1 atom stereocenters. The van der Waals surface area contributed by atoms with Crippen LogP contribution in [0.2, 0.25) is 0 Å². The van der Waals surface area contributed by atoms with Crippen LogP contribution >= 0.6 is 0 Å². The molecule has 1 saturated heterocycles. The average molecular weight is 267 g/mol. The quantitative estimate of drug-likeness (QED) is 0.861. The van der Waals surface area contributed by atoms with Gasteiger partial charge >= 0.3 is 0 Å². The standard InChI is InChI=1S/C16H23F2N/c1-2-8-16(9-4-3-5-10-19-16)12-13-11-14(17)6-7-15(13)18/h6-7,11,19H,2-5,8-10,12H2,1H3. The van der Waals surface area contributed by atoms with Crippen LogP contribution < -0.4 is 5.32 Å². The van der Waals surface area contributed by atoms with Crippen LogP contribution in [0.1, 0.15) is 51.0 Å². The molecule has 0 amide bonds. The van der Waals surface area contributed by atoms with Gasteiger partial charge in [-0.05, 0) is 56.0 Å². The highest BCUT2D eigenvalue weighted by molar-refractivity contribution is 5.21. The Labute approximate surface area is 114 Å². The molecule has 1 unspecified atom stereocenters. The number of rotatable bonds is 4. The zero-order chi connectivity index (χ0) is 13.7. The zero-order valence-corrected chi connectivity index (χ0v) is 11.6. The summed E-state index contributed by atoms with van der Waals surface area (Å²) in [5, 5.41) is 3.60. The van der Waals surface area contributed by atoms with Crippen LogP contribution in [-0.2, 0) is 6.42 Å². The van der Waals surface area contributed by atoms with Gasteiger partial charge in [-0.25, -0.2) is 8.78 Å². The predicted molar refractivity (Wildman–Crippen MR) is 74.2 cm³/mol. The summed E-state index contributed by atoms with van der Waals surface area (Å²) in [7, 11) is 0. The van der Waals surface area contributed by atoms with Crippen molar-refractivity contribution >= 4 is 0 Å². The second kappa shape index (κ2) is 6.47. The third kappa shape index (κ3) is 3.75. The molecule has 1 aliphatic rings.